The van der Waals surface area contributed by atoms with Crippen molar-refractivity contribution in [2.75, 3.05) is 20.3 Å². The van der Waals surface area contributed by atoms with Crippen molar-refractivity contribution in [2.45, 2.75) is 39.4 Å². The molecule has 1 aromatic heterocycles. The van der Waals surface area contributed by atoms with E-state index in [4.69, 9.17) is 4.74 Å². The van der Waals surface area contributed by atoms with E-state index in [1.54, 1.807) is 42.6 Å². The predicted octanol–water partition coefficient (Wildman–Crippen LogP) is 3.03. The van der Waals surface area contributed by atoms with Gasteiger partial charge in [-0.3, -0.25) is 0 Å². The second kappa shape index (κ2) is 8.80. The van der Waals surface area contributed by atoms with Crippen LogP contribution in [0.3, 0.4) is 0 Å². The average Bonchev–Trinajstić information content (AvgIpc) is 2.99. The van der Waals surface area contributed by atoms with Gasteiger partial charge in [-0.25, -0.2) is 14.2 Å². The maximum absolute atomic E-state index is 13.9. The molecule has 0 aliphatic heterocycles. The number of nitrogens with one attached hydrogen (secondary N) is 1. The molecule has 7 heteroatoms. The molecule has 0 atom stereocenters. The van der Waals surface area contributed by atoms with Crippen LogP contribution in [0.2, 0.25) is 0 Å². The Morgan fingerprint density at radius 2 is 2.08 bits per heavy atom. The van der Waals surface area contributed by atoms with Gasteiger partial charge in [-0.15, -0.1) is 0 Å². The van der Waals surface area contributed by atoms with Crippen molar-refractivity contribution >= 4 is 6.03 Å². The minimum atomic E-state index is -0.342. The van der Waals surface area contributed by atoms with Gasteiger partial charge in [-0.2, -0.15) is 0 Å². The summed E-state index contributed by atoms with van der Waals surface area (Å²) in [6.07, 6.45) is 3.45. The molecule has 1 heterocycles. The largest absolute Gasteiger partial charge is 0.383 e. The van der Waals surface area contributed by atoms with Gasteiger partial charge >= 0.3 is 6.03 Å². The highest BCUT2D eigenvalue weighted by molar-refractivity contribution is 5.74. The molecule has 0 saturated heterocycles. The van der Waals surface area contributed by atoms with Gasteiger partial charge in [-0.1, -0.05) is 18.2 Å². The number of benzene rings is 1. The first kappa shape index (κ1) is 19.9. The predicted molar refractivity (Wildman–Crippen MR) is 98.3 cm³/mol. The van der Waals surface area contributed by atoms with E-state index < -0.39 is 0 Å². The quantitative estimate of drug-likeness (QED) is 0.824. The molecular formula is C19H27FN4O2. The van der Waals surface area contributed by atoms with E-state index in [-0.39, 0.29) is 17.4 Å². The van der Waals surface area contributed by atoms with Gasteiger partial charge < -0.3 is 19.5 Å². The van der Waals surface area contributed by atoms with Crippen LogP contribution in [0.1, 0.15) is 32.2 Å². The van der Waals surface area contributed by atoms with Crippen molar-refractivity contribution in [3.63, 3.8) is 0 Å². The first-order chi connectivity index (χ1) is 12.3. The van der Waals surface area contributed by atoms with E-state index in [2.05, 4.69) is 10.3 Å². The molecule has 2 aromatic rings. The molecule has 0 bridgehead atoms. The number of ether oxygens (including phenoxy) is 1. The monoisotopic (exact) mass is 362 g/mol. The fraction of sp³-hybridized carbons (Fsp3) is 0.474. The minimum Gasteiger partial charge on any atom is -0.383 e. The Hall–Kier alpha value is -2.41. The zero-order valence-corrected chi connectivity index (χ0v) is 15.8. The van der Waals surface area contributed by atoms with Crippen molar-refractivity contribution in [1.82, 2.24) is 19.8 Å². The van der Waals surface area contributed by atoms with Gasteiger partial charge in [0.15, 0.2) is 0 Å². The topological polar surface area (TPSA) is 59.4 Å². The molecule has 6 nitrogen and oxygen atoms in total. The lowest BCUT2D eigenvalue weighted by Gasteiger charge is -2.28. The number of carbonyl (C=O) groups is 1. The Morgan fingerprint density at radius 3 is 2.73 bits per heavy atom. The van der Waals surface area contributed by atoms with Crippen LogP contribution in [-0.2, 0) is 17.8 Å². The summed E-state index contributed by atoms with van der Waals surface area (Å²) in [5.74, 6) is 0.433. The van der Waals surface area contributed by atoms with Crippen molar-refractivity contribution in [3.8, 4) is 0 Å². The highest BCUT2D eigenvalue weighted by Gasteiger charge is 2.21. The summed E-state index contributed by atoms with van der Waals surface area (Å²) in [5, 5.41) is 2.95. The Kier molecular flexibility index (Phi) is 6.74. The van der Waals surface area contributed by atoms with Crippen LogP contribution in [0.5, 0.6) is 0 Å². The van der Waals surface area contributed by atoms with Gasteiger partial charge in [0.05, 0.1) is 19.7 Å². The number of carbonyl (C=O) groups excluding carboxylic acids is 1. The number of urea groups is 1. The Labute approximate surface area is 154 Å². The van der Waals surface area contributed by atoms with Crippen LogP contribution in [0.25, 0.3) is 0 Å². The Morgan fingerprint density at radius 1 is 1.35 bits per heavy atom. The maximum atomic E-state index is 13.9. The third-order valence-corrected chi connectivity index (χ3v) is 3.77. The molecule has 142 valence electrons. The SMILES string of the molecule is COCCN(Cc1nccn1Cc1ccccc1F)C(=O)NC(C)(C)C. The number of nitrogens with zero attached hydrogens (tertiary/aromatic N) is 3. The first-order valence-electron chi connectivity index (χ1n) is 8.59. The summed E-state index contributed by atoms with van der Waals surface area (Å²) in [5.41, 5.74) is 0.236. The molecule has 0 unspecified atom stereocenters. The Balaban J connectivity index is 2.14. The van der Waals surface area contributed by atoms with E-state index in [0.717, 1.165) is 0 Å². The van der Waals surface area contributed by atoms with Crippen LogP contribution in [-0.4, -0.2) is 46.3 Å². The van der Waals surface area contributed by atoms with Crippen molar-refractivity contribution < 1.29 is 13.9 Å². The van der Waals surface area contributed by atoms with Crippen LogP contribution in [0.15, 0.2) is 36.7 Å². The molecule has 0 fully saturated rings. The van der Waals surface area contributed by atoms with Crippen LogP contribution in [0.4, 0.5) is 9.18 Å². The number of aromatic nitrogens is 2. The van der Waals surface area contributed by atoms with Crippen LogP contribution in [0, 0.1) is 5.82 Å². The fourth-order valence-electron chi connectivity index (χ4n) is 2.47. The average molecular weight is 362 g/mol. The number of hydrogen-bond donors (Lipinski definition) is 1. The third-order valence-electron chi connectivity index (χ3n) is 3.77. The lowest BCUT2D eigenvalue weighted by molar-refractivity contribution is 0.140. The molecule has 0 radical (unpaired) electrons. The summed E-state index contributed by atoms with van der Waals surface area (Å²) < 4.78 is 20.9. The maximum Gasteiger partial charge on any atom is 0.318 e. The number of rotatable bonds is 7. The number of hydrogen-bond acceptors (Lipinski definition) is 3. The number of methoxy groups -OCH3 is 1. The number of halogens is 1. The molecule has 2 rings (SSSR count). The van der Waals surface area contributed by atoms with E-state index >= 15 is 0 Å². The molecule has 0 aliphatic rings. The number of amides is 2. The molecule has 0 spiro atoms. The molecule has 2 amide bonds. The standard InChI is InChI=1S/C19H27FN4O2/c1-19(2,3)22-18(25)24(11-12-26-4)14-17-21-9-10-23(17)13-15-7-5-6-8-16(15)20/h5-10H,11-14H2,1-4H3,(H,22,25). The van der Waals surface area contributed by atoms with Gasteiger partial charge in [-0.05, 0) is 26.8 Å². The molecule has 0 saturated carbocycles. The normalized spacial score (nSPS) is 11.4. The summed E-state index contributed by atoms with van der Waals surface area (Å²) in [7, 11) is 1.60. The molecular weight excluding hydrogens is 335 g/mol. The van der Waals surface area contributed by atoms with Crippen molar-refractivity contribution in [1.29, 1.82) is 0 Å². The molecule has 1 N–H and O–H groups in total. The molecule has 0 aliphatic carbocycles. The Bertz CT molecular complexity index is 724. The molecule has 26 heavy (non-hydrogen) atoms. The van der Waals surface area contributed by atoms with Crippen molar-refractivity contribution in [3.05, 3.63) is 53.9 Å². The summed E-state index contributed by atoms with van der Waals surface area (Å²) >= 11 is 0. The zero-order chi connectivity index (χ0) is 19.2. The van der Waals surface area contributed by atoms with Crippen LogP contribution < -0.4 is 5.32 Å². The minimum absolute atomic E-state index is 0.185. The lowest BCUT2D eigenvalue weighted by Crippen LogP contribution is -2.49. The summed E-state index contributed by atoms with van der Waals surface area (Å²) in [6.45, 7) is 7.32. The lowest BCUT2D eigenvalue weighted by atomic mass is 10.1. The highest BCUT2D eigenvalue weighted by Crippen LogP contribution is 2.12. The van der Waals surface area contributed by atoms with Gasteiger partial charge in [0.1, 0.15) is 11.6 Å². The second-order valence-corrected chi connectivity index (χ2v) is 7.16. The first-order valence-corrected chi connectivity index (χ1v) is 8.59. The van der Waals surface area contributed by atoms with Crippen LogP contribution >= 0.6 is 0 Å². The molecule has 1 aromatic carbocycles. The third kappa shape index (κ3) is 5.84. The van der Waals surface area contributed by atoms with E-state index in [1.165, 1.54) is 6.07 Å². The summed E-state index contributed by atoms with van der Waals surface area (Å²) in [4.78, 5) is 18.6. The van der Waals surface area contributed by atoms with E-state index in [0.29, 0.717) is 37.6 Å². The zero-order valence-electron chi connectivity index (χ0n) is 15.8. The van der Waals surface area contributed by atoms with Gasteiger partial charge in [0.2, 0.25) is 0 Å². The summed E-state index contributed by atoms with van der Waals surface area (Å²) in [6, 6.07) is 6.46. The highest BCUT2D eigenvalue weighted by atomic mass is 19.1. The smallest absolute Gasteiger partial charge is 0.318 e. The van der Waals surface area contributed by atoms with Gasteiger partial charge in [0.25, 0.3) is 0 Å². The van der Waals surface area contributed by atoms with Crippen molar-refractivity contribution in [2.24, 2.45) is 0 Å². The second-order valence-electron chi connectivity index (χ2n) is 7.16. The van der Waals surface area contributed by atoms with E-state index in [9.17, 15) is 9.18 Å². The van der Waals surface area contributed by atoms with E-state index in [1.807, 2.05) is 25.3 Å². The van der Waals surface area contributed by atoms with Gasteiger partial charge in [0, 0.05) is 37.2 Å². The fourth-order valence-corrected chi connectivity index (χ4v) is 2.47. The number of imidazole rings is 1.